The fraction of sp³-hybridized carbons (Fsp3) is 0. The molecule has 0 aliphatic rings. The summed E-state index contributed by atoms with van der Waals surface area (Å²) >= 11 is 0. The van der Waals surface area contributed by atoms with E-state index in [2.05, 4.69) is 0 Å². The minimum absolute atomic E-state index is 0. The van der Waals surface area contributed by atoms with Gasteiger partial charge in [0.15, 0.2) is 0 Å². The molecule has 0 aliphatic carbocycles. The van der Waals surface area contributed by atoms with Gasteiger partial charge >= 0.3 is 55.1 Å². The van der Waals surface area contributed by atoms with Crippen molar-refractivity contribution in [2.45, 2.75) is 0 Å². The van der Waals surface area contributed by atoms with Gasteiger partial charge in [0, 0.05) is 0 Å². The smallest absolute Gasteiger partial charge is 0.543 e. The number of hydrogen-bond acceptors (Lipinski definition) is 9. The second kappa shape index (κ2) is 19.7. The fourth-order valence-electron chi connectivity index (χ4n) is 0. The van der Waals surface area contributed by atoms with E-state index in [0.717, 1.165) is 0 Å². The average molecular weight is 453 g/mol. The number of nitrogens with zero attached hydrogens (tertiary/aromatic N) is 2. The molecule has 1 radical (unpaired) electrons. The van der Waals surface area contributed by atoms with Crippen molar-refractivity contribution in [1.82, 2.24) is 0 Å². The van der Waals surface area contributed by atoms with Crippen molar-refractivity contribution in [3.8, 4) is 0 Å². The summed E-state index contributed by atoms with van der Waals surface area (Å²) in [6.07, 6.45) is 0. The summed E-state index contributed by atoms with van der Waals surface area (Å²) in [6, 6.07) is 0. The Morgan fingerprint density at radius 2 is 1.00 bits per heavy atom. The molecule has 0 saturated heterocycles. The first-order valence-corrected chi connectivity index (χ1v) is 2.18. The van der Waals surface area contributed by atoms with Crippen LogP contribution < -0.4 is 10.2 Å². The van der Waals surface area contributed by atoms with Gasteiger partial charge in [-0.25, -0.2) is 0 Å². The summed E-state index contributed by atoms with van der Waals surface area (Å²) in [7, 11) is 0. The van der Waals surface area contributed by atoms with Crippen LogP contribution in [0.4, 0.5) is 0 Å². The Bertz CT molecular complexity index is 199. The van der Waals surface area contributed by atoms with Crippen molar-refractivity contribution in [3.63, 3.8) is 0 Å². The monoisotopic (exact) mass is 454 g/mol. The molecule has 0 bridgehead atoms. The van der Waals surface area contributed by atoms with Gasteiger partial charge in [0.2, 0.25) is 0 Å². The number of hydrogen-bond donors (Lipinski definition) is 1. The molecule has 14 heteroatoms. The Kier molecular flexibility index (Phi) is 36.2. The van der Waals surface area contributed by atoms with Crippen molar-refractivity contribution in [1.29, 1.82) is 0 Å². The van der Waals surface area contributed by atoms with E-state index in [4.69, 9.17) is 50.4 Å². The molecule has 0 unspecified atom stereocenters. The van der Waals surface area contributed by atoms with Crippen molar-refractivity contribution in [2.75, 3.05) is 0 Å². The summed E-state index contributed by atoms with van der Waals surface area (Å²) < 4.78 is 0. The van der Waals surface area contributed by atoms with Crippen LogP contribution in [0.15, 0.2) is 0 Å². The molecule has 0 saturated carbocycles. The van der Waals surface area contributed by atoms with Crippen LogP contribution in [-0.4, -0.2) is 27.3 Å². The van der Waals surface area contributed by atoms with E-state index in [1.165, 1.54) is 0 Å². The predicted molar refractivity (Wildman–Crippen MR) is 29.2 cm³/mol. The van der Waals surface area contributed by atoms with Crippen molar-refractivity contribution >= 4 is 11.9 Å². The predicted octanol–water partition coefficient (Wildman–Crippen LogP) is -4.10. The fourth-order valence-corrected chi connectivity index (χ4v) is 0. The standard InChI is InChI=1S/C2H2O4.La.HNO3.NO3.Ru/c3-1(4)2(5)6;;2*2-1(3)4;/h(H,3,4)(H,5,6);;(H,2,3,4);;/q;+3;;-1;+3/p-2. The molecule has 0 aliphatic heterocycles. The molecule has 16 heavy (non-hydrogen) atoms. The van der Waals surface area contributed by atoms with E-state index in [-0.39, 0.29) is 55.1 Å². The molecule has 0 fully saturated rings. The largest absolute Gasteiger partial charge is 3.00 e. The number of carboxylic acids is 2. The van der Waals surface area contributed by atoms with E-state index in [1.54, 1.807) is 0 Å². The van der Waals surface area contributed by atoms with Crippen LogP contribution in [-0.2, 0) is 29.1 Å². The second-order valence-electron chi connectivity index (χ2n) is 1.04. The number of rotatable bonds is 0. The van der Waals surface area contributed by atoms with Gasteiger partial charge in [-0.05, 0) is 0 Å². The Labute approximate surface area is 127 Å². The molecule has 0 atom stereocenters. The molecule has 0 spiro atoms. The Hall–Kier alpha value is -0.842. The molecule has 12 nitrogen and oxygen atoms in total. The van der Waals surface area contributed by atoms with E-state index >= 15 is 0 Å². The van der Waals surface area contributed by atoms with Crippen LogP contribution in [0, 0.1) is 61.0 Å². The van der Waals surface area contributed by atoms with Crippen LogP contribution in [0.3, 0.4) is 0 Å². The first kappa shape index (κ1) is 29.4. The number of carbonyl (C=O) groups excluding carboxylic acids is 2. The summed E-state index contributed by atoms with van der Waals surface area (Å²) in [5, 5.41) is 46.2. The van der Waals surface area contributed by atoms with E-state index in [1.807, 2.05) is 0 Å². The van der Waals surface area contributed by atoms with Crippen LogP contribution in [0.2, 0.25) is 0 Å². The third-order valence-corrected chi connectivity index (χ3v) is 0.167. The number of aliphatic carboxylic acids is 2. The maximum absolute atomic E-state index is 8.93. The van der Waals surface area contributed by atoms with E-state index in [9.17, 15) is 0 Å². The molecule has 1 N–H and O–H groups in total. The minimum Gasteiger partial charge on any atom is -0.543 e. The van der Waals surface area contributed by atoms with E-state index in [0.29, 0.717) is 0 Å². The molecule has 87 valence electrons. The van der Waals surface area contributed by atoms with Gasteiger partial charge in [-0.1, -0.05) is 0 Å². The van der Waals surface area contributed by atoms with Crippen molar-refractivity contribution < 1.29 is 90.3 Å². The third kappa shape index (κ3) is 195. The van der Waals surface area contributed by atoms with Crippen LogP contribution >= 0.6 is 0 Å². The molecule has 0 aromatic rings. The zero-order valence-corrected chi connectivity index (χ0v) is 12.3. The SMILES string of the molecule is O=C([O-])C(=O)[O-].O=[N+]([O-])O.O=[N+]([O-])[O-].[La+3].[Ru+3]. The summed E-state index contributed by atoms with van der Waals surface area (Å²) in [5.41, 5.74) is 0. The molecule has 0 heterocycles. The van der Waals surface area contributed by atoms with Gasteiger partial charge in [0.25, 0.3) is 5.09 Å². The second-order valence-corrected chi connectivity index (χ2v) is 1.04. The van der Waals surface area contributed by atoms with E-state index < -0.39 is 22.1 Å². The molecule has 0 aromatic carbocycles. The molecular formula is C2HLaN2O10Ru+3. The molecular weight excluding hydrogens is 452 g/mol. The topological polar surface area (TPSA) is 210 Å². The summed E-state index contributed by atoms with van der Waals surface area (Å²) in [6.45, 7) is 0. The van der Waals surface area contributed by atoms with Crippen molar-refractivity contribution in [2.24, 2.45) is 0 Å². The number of carboxylic acid groups (broad SMARTS) is 2. The van der Waals surface area contributed by atoms with Gasteiger partial charge in [-0.3, -0.25) is 0 Å². The van der Waals surface area contributed by atoms with Crippen LogP contribution in [0.5, 0.6) is 0 Å². The average Bonchev–Trinajstić information content (AvgIpc) is 1.83. The third-order valence-electron chi connectivity index (χ3n) is 0.167. The van der Waals surface area contributed by atoms with Gasteiger partial charge in [0.05, 0.1) is 17.0 Å². The Morgan fingerprint density at radius 1 is 0.938 bits per heavy atom. The normalized spacial score (nSPS) is 5.75. The van der Waals surface area contributed by atoms with Crippen LogP contribution in [0.25, 0.3) is 0 Å². The number of carbonyl (C=O) groups is 2. The Balaban J connectivity index is -0.0000000367. The zero-order chi connectivity index (χ0) is 12.3. The van der Waals surface area contributed by atoms with Crippen molar-refractivity contribution in [3.05, 3.63) is 25.4 Å². The van der Waals surface area contributed by atoms with Gasteiger partial charge in [-0.2, -0.15) is 0 Å². The zero-order valence-electron chi connectivity index (χ0n) is 6.95. The van der Waals surface area contributed by atoms with Gasteiger partial charge < -0.3 is 40.3 Å². The maximum atomic E-state index is 8.93. The summed E-state index contributed by atoms with van der Waals surface area (Å²) in [4.78, 5) is 34.5. The first-order valence-electron chi connectivity index (χ1n) is 2.18. The van der Waals surface area contributed by atoms with Gasteiger partial charge in [-0.15, -0.1) is 10.1 Å². The molecule has 0 amide bonds. The minimum atomic E-state index is -2.19. The Morgan fingerprint density at radius 3 is 1.00 bits per heavy atom. The summed E-state index contributed by atoms with van der Waals surface area (Å²) in [5.74, 6) is -4.37. The first-order chi connectivity index (χ1) is 6.11. The molecule has 0 aromatic heterocycles. The quantitative estimate of drug-likeness (QED) is 0.162. The van der Waals surface area contributed by atoms with Gasteiger partial charge in [0.1, 0.15) is 0 Å². The molecule has 0 rings (SSSR count). The maximum Gasteiger partial charge on any atom is 3.00 e. The van der Waals surface area contributed by atoms with Crippen LogP contribution in [0.1, 0.15) is 0 Å².